The summed E-state index contributed by atoms with van der Waals surface area (Å²) in [5, 5.41) is 110. The third kappa shape index (κ3) is 14.9. The maximum Gasteiger partial charge on any atom is 0.327 e. The molecule has 0 radical (unpaired) electrons. The summed E-state index contributed by atoms with van der Waals surface area (Å²) in [6.45, 7) is 1.83. The van der Waals surface area contributed by atoms with Gasteiger partial charge in [-0.1, -0.05) is 0 Å². The summed E-state index contributed by atoms with van der Waals surface area (Å²) in [7, 11) is 4.42. The molecule has 0 spiro atoms. The van der Waals surface area contributed by atoms with Gasteiger partial charge in [-0.05, 0) is 41.2 Å². The van der Waals surface area contributed by atoms with Crippen LogP contribution in [0.3, 0.4) is 0 Å². The highest BCUT2D eigenvalue weighted by Gasteiger charge is 2.48. The van der Waals surface area contributed by atoms with Crippen LogP contribution in [0.2, 0.25) is 0 Å². The number of aliphatic carboxylic acids is 1. The largest absolute Gasteiger partial charge is 0.480 e. The molecule has 0 aromatic rings. The highest BCUT2D eigenvalue weighted by Crippen LogP contribution is 2.22. The average molecular weight is 849 g/mol. The summed E-state index contributed by atoms with van der Waals surface area (Å²) < 4.78 is 14.5. The number of ketones is 2. The van der Waals surface area contributed by atoms with Crippen LogP contribution >= 0.6 is 11.8 Å². The summed E-state index contributed by atoms with van der Waals surface area (Å²) in [6.07, 6.45) is -15.0. The van der Waals surface area contributed by atoms with Crippen molar-refractivity contribution in [1.29, 1.82) is 0 Å². The number of carboxylic acid groups (broad SMARTS) is 1. The fourth-order valence-corrected chi connectivity index (χ4v) is 6.16. The minimum atomic E-state index is -1.69. The quantitative estimate of drug-likeness (QED) is 0.0771. The standard InChI is InChI=1S/C13H23N3O8S.C10H18N2O6.C8H15NO5/c1-14-7-8(18)10(24-13(23)9(7)19)11(20)15-3-6(17)16-5(4-25-2)12(21)22;1-4(13)3-12-9(16)8-6(14)5(11-2)7(15)10(17)18-8;1-3(10)7-5(11)4(9-2)6(12)8(13)14-7/h5,7-10,13-14,18-19,23H,3-4H2,1-2H3,(H,15,20)(H,16,17)(H,21,22);5-8,10-11,14-15,17H,3H2,1-2H3,(H,12,16);4-9,11-13H,1-2H3/t5-,7-,8-,9?,10?,13?;5-,6-,7?,8?,10?;4-,5-,6?,7?,8?/m000/s1. The highest BCUT2D eigenvalue weighted by atomic mass is 32.2. The Morgan fingerprint density at radius 1 is 0.579 bits per heavy atom. The second-order valence-electron chi connectivity index (χ2n) is 12.9. The predicted molar refractivity (Wildman–Crippen MR) is 193 cm³/mol. The van der Waals surface area contributed by atoms with Crippen LogP contribution in [-0.2, 0) is 43.0 Å². The Morgan fingerprint density at radius 2 is 0.930 bits per heavy atom. The lowest BCUT2D eigenvalue weighted by Gasteiger charge is -2.39. The second kappa shape index (κ2) is 24.8. The summed E-state index contributed by atoms with van der Waals surface area (Å²) in [6, 6.07) is -3.78. The lowest BCUT2D eigenvalue weighted by atomic mass is 9.94. The summed E-state index contributed by atoms with van der Waals surface area (Å²) in [5.41, 5.74) is 0. The first-order chi connectivity index (χ1) is 26.6. The van der Waals surface area contributed by atoms with Gasteiger partial charge in [-0.25, -0.2) is 4.79 Å². The van der Waals surface area contributed by atoms with Crippen LogP contribution in [0.5, 0.6) is 0 Å². The minimum Gasteiger partial charge on any atom is -0.480 e. The zero-order valence-electron chi connectivity index (χ0n) is 31.9. The van der Waals surface area contributed by atoms with Gasteiger partial charge in [-0.2, -0.15) is 11.8 Å². The molecule has 3 heterocycles. The van der Waals surface area contributed by atoms with E-state index in [2.05, 4.69) is 31.9 Å². The van der Waals surface area contributed by atoms with E-state index in [9.17, 15) is 74.7 Å². The summed E-state index contributed by atoms with van der Waals surface area (Å²) >= 11 is 1.24. The van der Waals surface area contributed by atoms with Crippen molar-refractivity contribution in [3.05, 3.63) is 0 Å². The van der Waals surface area contributed by atoms with Gasteiger partial charge in [-0.3, -0.25) is 24.0 Å². The number of ether oxygens (including phenoxy) is 3. The van der Waals surface area contributed by atoms with E-state index in [-0.39, 0.29) is 23.9 Å². The van der Waals surface area contributed by atoms with Crippen molar-refractivity contribution in [2.45, 2.75) is 112 Å². The van der Waals surface area contributed by atoms with Gasteiger partial charge in [0.25, 0.3) is 11.8 Å². The Hall–Kier alpha value is -3.03. The maximum absolute atomic E-state index is 12.1. The first-order valence-electron chi connectivity index (χ1n) is 17.3. The molecule has 3 aliphatic rings. The second-order valence-corrected chi connectivity index (χ2v) is 13.8. The normalized spacial score (nSPS) is 35.5. The SMILES string of the molecule is CN[C@@H]1C(O)C(O)OC(C(=O)NCC(=O)N[C@@H](CSC)C(=O)O)[C@H]1O.CN[C@@H]1C(O)C(O)OC(C(=O)NCC(C)=O)[C@H]1O.CN[C@@H]1C(O)C(O)OC(C(C)=O)[C@H]1O. The molecule has 0 aromatic heterocycles. The summed E-state index contributed by atoms with van der Waals surface area (Å²) in [5.74, 6) is -4.01. The van der Waals surface area contributed by atoms with Crippen LogP contribution in [0.25, 0.3) is 0 Å². The fourth-order valence-electron chi connectivity index (χ4n) is 5.60. The Labute approximate surface area is 330 Å². The van der Waals surface area contributed by atoms with Crippen LogP contribution in [0, 0.1) is 0 Å². The van der Waals surface area contributed by atoms with Crippen molar-refractivity contribution in [2.24, 2.45) is 0 Å². The zero-order valence-corrected chi connectivity index (χ0v) is 32.7. The van der Waals surface area contributed by atoms with Crippen molar-refractivity contribution in [1.82, 2.24) is 31.9 Å². The third-order valence-corrected chi connectivity index (χ3v) is 9.36. The Kier molecular flexibility index (Phi) is 22.6. The van der Waals surface area contributed by atoms with Gasteiger partial charge in [0.05, 0.1) is 31.2 Å². The zero-order chi connectivity index (χ0) is 43.9. The number of thioether (sulfide) groups is 1. The van der Waals surface area contributed by atoms with Crippen LogP contribution in [0.4, 0.5) is 0 Å². The molecule has 0 aliphatic carbocycles. The third-order valence-electron chi connectivity index (χ3n) is 8.69. The number of carboxylic acids is 1. The molecule has 3 amide bonds. The van der Waals surface area contributed by atoms with Crippen LogP contribution in [0.1, 0.15) is 13.8 Å². The molecule has 3 fully saturated rings. The van der Waals surface area contributed by atoms with E-state index in [1.165, 1.54) is 46.8 Å². The van der Waals surface area contributed by atoms with Crippen molar-refractivity contribution in [3.63, 3.8) is 0 Å². The van der Waals surface area contributed by atoms with Crippen molar-refractivity contribution >= 4 is 47.0 Å². The topological polar surface area (TPSA) is 405 Å². The number of aliphatic hydroxyl groups excluding tert-OH is 9. The van der Waals surface area contributed by atoms with E-state index in [4.69, 9.17) is 19.3 Å². The minimum absolute atomic E-state index is 0.160. The molecule has 330 valence electrons. The first kappa shape index (κ1) is 52.0. The van der Waals surface area contributed by atoms with E-state index < -0.39 is 128 Å². The van der Waals surface area contributed by atoms with Gasteiger partial charge in [0, 0.05) is 5.75 Å². The monoisotopic (exact) mass is 848 g/mol. The molecule has 0 saturated carbocycles. The van der Waals surface area contributed by atoms with E-state index in [1.807, 2.05) is 0 Å². The predicted octanol–water partition coefficient (Wildman–Crippen LogP) is -9.62. The highest BCUT2D eigenvalue weighted by molar-refractivity contribution is 7.98. The number of carbonyl (C=O) groups excluding carboxylic acids is 5. The molecule has 57 heavy (non-hydrogen) atoms. The molecule has 0 bridgehead atoms. The summed E-state index contributed by atoms with van der Waals surface area (Å²) in [4.78, 5) is 68.2. The molecule has 16 atom stereocenters. The number of amides is 3. The molecular formula is C31H56N6O19S. The number of carbonyl (C=O) groups is 6. The Morgan fingerprint density at radius 3 is 1.25 bits per heavy atom. The number of rotatable bonds is 14. The lowest BCUT2D eigenvalue weighted by molar-refractivity contribution is -0.251. The molecule has 9 unspecified atom stereocenters. The van der Waals surface area contributed by atoms with Crippen LogP contribution in [0.15, 0.2) is 0 Å². The molecule has 16 N–H and O–H groups in total. The van der Waals surface area contributed by atoms with E-state index >= 15 is 0 Å². The van der Waals surface area contributed by atoms with E-state index in [0.29, 0.717) is 0 Å². The van der Waals surface area contributed by atoms with E-state index in [1.54, 1.807) is 6.26 Å². The van der Waals surface area contributed by atoms with Gasteiger partial charge < -0.3 is 97.2 Å². The van der Waals surface area contributed by atoms with Gasteiger partial charge >= 0.3 is 5.97 Å². The Balaban J connectivity index is 0.000000447. The average Bonchev–Trinajstić information content (AvgIpc) is 3.15. The number of hydrogen-bond donors (Lipinski definition) is 16. The lowest BCUT2D eigenvalue weighted by Crippen LogP contribution is -2.65. The van der Waals surface area contributed by atoms with Gasteiger partial charge in [0.15, 0.2) is 36.9 Å². The number of Topliss-reactive ketones (excluding diaryl/α,β-unsaturated/α-hetero) is 2. The van der Waals surface area contributed by atoms with Gasteiger partial charge in [-0.15, -0.1) is 0 Å². The molecule has 0 aromatic carbocycles. The first-order valence-corrected chi connectivity index (χ1v) is 18.7. The number of likely N-dealkylation sites (N-methyl/N-ethyl adjacent to an activating group) is 3. The van der Waals surface area contributed by atoms with Gasteiger partial charge in [0.2, 0.25) is 5.91 Å². The fraction of sp³-hybridized carbons (Fsp3) is 0.806. The van der Waals surface area contributed by atoms with Crippen LogP contribution < -0.4 is 31.9 Å². The van der Waals surface area contributed by atoms with E-state index in [0.717, 1.165) is 0 Å². The number of hydrogen-bond acceptors (Lipinski definition) is 22. The molecule has 3 rings (SSSR count). The van der Waals surface area contributed by atoms with Gasteiger partial charge in [0.1, 0.15) is 54.6 Å². The molecule has 25 nitrogen and oxygen atoms in total. The van der Waals surface area contributed by atoms with Crippen LogP contribution in [-0.4, -0.2) is 231 Å². The number of aliphatic hydroxyl groups is 9. The van der Waals surface area contributed by atoms with Crippen molar-refractivity contribution in [3.8, 4) is 0 Å². The molecular weight excluding hydrogens is 792 g/mol. The van der Waals surface area contributed by atoms with Crippen molar-refractivity contribution in [2.75, 3.05) is 46.2 Å². The number of nitrogens with one attached hydrogen (secondary N) is 6. The maximum atomic E-state index is 12.1. The Bertz CT molecular complexity index is 1340. The molecule has 3 aliphatic heterocycles. The van der Waals surface area contributed by atoms with Crippen molar-refractivity contribution < 1.29 is 94.0 Å². The smallest absolute Gasteiger partial charge is 0.327 e. The molecule has 26 heteroatoms. The molecule has 3 saturated heterocycles.